The number of aromatic nitrogens is 3. The largest absolute Gasteiger partial charge is 0.482 e. The molecule has 1 saturated heterocycles. The number of hydrogen-bond acceptors (Lipinski definition) is 7. The molecule has 2 amide bonds. The summed E-state index contributed by atoms with van der Waals surface area (Å²) in [6.07, 6.45) is 10.1. The molecule has 0 radical (unpaired) electrons. The minimum absolute atomic E-state index is 0.115. The van der Waals surface area contributed by atoms with Gasteiger partial charge in [0.2, 0.25) is 0 Å². The molecular formula is C24H23N7O3. The van der Waals surface area contributed by atoms with Crippen LogP contribution in [0.1, 0.15) is 5.56 Å². The first-order valence-corrected chi connectivity index (χ1v) is 10.6. The van der Waals surface area contributed by atoms with Gasteiger partial charge >= 0.3 is 0 Å². The molecule has 4 heterocycles. The zero-order chi connectivity index (χ0) is 24.2. The topological polar surface area (TPSA) is 107 Å². The fourth-order valence-corrected chi connectivity index (χ4v) is 3.71. The Hall–Kier alpha value is -4.57. The predicted octanol–water partition coefficient (Wildman–Crippen LogP) is 1.02. The van der Waals surface area contributed by atoms with E-state index < -0.39 is 0 Å². The summed E-state index contributed by atoms with van der Waals surface area (Å²) in [5, 5.41) is 13.8. The van der Waals surface area contributed by atoms with Crippen molar-refractivity contribution >= 4 is 23.1 Å². The number of terminal acetylenes is 1. The monoisotopic (exact) mass is 457 g/mol. The lowest BCUT2D eigenvalue weighted by atomic mass is 10.1. The zero-order valence-corrected chi connectivity index (χ0v) is 18.9. The summed E-state index contributed by atoms with van der Waals surface area (Å²) < 4.78 is 7.26. The molecule has 0 spiro atoms. The van der Waals surface area contributed by atoms with Crippen molar-refractivity contribution in [1.82, 2.24) is 24.4 Å². The molecule has 34 heavy (non-hydrogen) atoms. The Balaban J connectivity index is 1.60. The van der Waals surface area contributed by atoms with Gasteiger partial charge in [-0.25, -0.2) is 9.50 Å². The highest BCUT2D eigenvalue weighted by Gasteiger charge is 2.21. The van der Waals surface area contributed by atoms with E-state index in [-0.39, 0.29) is 18.4 Å². The van der Waals surface area contributed by atoms with E-state index in [0.717, 1.165) is 11.4 Å². The lowest BCUT2D eigenvalue weighted by Gasteiger charge is -2.34. The molecule has 10 nitrogen and oxygen atoms in total. The van der Waals surface area contributed by atoms with Crippen LogP contribution < -0.4 is 9.64 Å². The SMILES string of the molecule is C#CC(=O)N1CCN(c2ccc(-c3cc(OCC(=O)N(C)C)cn4ncc(C#N)c34)cn2)CC1. The third-order valence-electron chi connectivity index (χ3n) is 5.64. The number of fused-ring (bicyclic) bond motifs is 1. The standard InChI is InChI=1S/C24H23N7O3/c1-4-22(32)30-9-7-29(8-10-30)21-6-5-17(13-26-21)20-11-19(34-16-23(33)28(2)3)15-31-24(20)18(12-25)14-27-31/h1,5-6,11,13-15H,7-10,16H2,2-3H3. The Morgan fingerprint density at radius 2 is 1.97 bits per heavy atom. The van der Waals surface area contributed by atoms with Crippen LogP contribution in [0, 0.1) is 23.7 Å². The third kappa shape index (κ3) is 4.48. The van der Waals surface area contributed by atoms with E-state index in [0.29, 0.717) is 48.6 Å². The van der Waals surface area contributed by atoms with Crippen LogP contribution in [-0.4, -0.2) is 83.1 Å². The maximum atomic E-state index is 11.9. The van der Waals surface area contributed by atoms with Gasteiger partial charge in [-0.2, -0.15) is 10.4 Å². The molecule has 0 N–H and O–H groups in total. The average molecular weight is 457 g/mol. The van der Waals surface area contributed by atoms with Crippen molar-refractivity contribution in [2.24, 2.45) is 0 Å². The molecule has 1 aliphatic rings. The summed E-state index contributed by atoms with van der Waals surface area (Å²) in [5.41, 5.74) is 2.54. The second-order valence-corrected chi connectivity index (χ2v) is 7.96. The zero-order valence-electron chi connectivity index (χ0n) is 18.9. The first-order valence-electron chi connectivity index (χ1n) is 10.6. The summed E-state index contributed by atoms with van der Waals surface area (Å²) in [6, 6.07) is 7.76. The molecule has 0 saturated carbocycles. The van der Waals surface area contributed by atoms with Crippen LogP contribution >= 0.6 is 0 Å². The molecule has 3 aromatic rings. The fourth-order valence-electron chi connectivity index (χ4n) is 3.71. The van der Waals surface area contributed by atoms with Crippen LogP contribution in [0.25, 0.3) is 16.6 Å². The Labute approximate surface area is 196 Å². The van der Waals surface area contributed by atoms with Gasteiger partial charge in [-0.05, 0) is 24.1 Å². The number of pyridine rings is 2. The normalized spacial score (nSPS) is 13.3. The van der Waals surface area contributed by atoms with Gasteiger partial charge in [0.1, 0.15) is 17.6 Å². The lowest BCUT2D eigenvalue weighted by molar-refractivity contribution is -0.130. The van der Waals surface area contributed by atoms with Gasteiger partial charge in [0, 0.05) is 57.6 Å². The number of amides is 2. The van der Waals surface area contributed by atoms with Crippen molar-refractivity contribution in [2.45, 2.75) is 0 Å². The summed E-state index contributed by atoms with van der Waals surface area (Å²) in [4.78, 5) is 33.4. The summed E-state index contributed by atoms with van der Waals surface area (Å²) in [5.74, 6) is 2.92. The fraction of sp³-hybridized carbons (Fsp3) is 0.292. The molecule has 0 atom stereocenters. The first kappa shape index (κ1) is 22.6. The smallest absolute Gasteiger partial charge is 0.298 e. The highest BCUT2D eigenvalue weighted by Crippen LogP contribution is 2.31. The van der Waals surface area contributed by atoms with Crippen LogP contribution in [0.15, 0.2) is 36.8 Å². The second-order valence-electron chi connectivity index (χ2n) is 7.96. The second kappa shape index (κ2) is 9.51. The van der Waals surface area contributed by atoms with E-state index in [2.05, 4.69) is 27.0 Å². The van der Waals surface area contributed by atoms with Gasteiger partial charge in [0.15, 0.2) is 6.61 Å². The number of nitriles is 1. The number of ether oxygens (including phenoxy) is 1. The van der Waals surface area contributed by atoms with E-state index in [1.165, 1.54) is 11.1 Å². The average Bonchev–Trinajstić information content (AvgIpc) is 3.29. The Morgan fingerprint density at radius 3 is 2.59 bits per heavy atom. The molecule has 0 bridgehead atoms. The molecular weight excluding hydrogens is 434 g/mol. The Morgan fingerprint density at radius 1 is 1.21 bits per heavy atom. The third-order valence-corrected chi connectivity index (χ3v) is 5.64. The first-order chi connectivity index (χ1) is 16.4. The van der Waals surface area contributed by atoms with E-state index in [1.807, 2.05) is 12.1 Å². The number of rotatable bonds is 5. The number of nitrogens with zero attached hydrogens (tertiary/aromatic N) is 7. The number of carbonyl (C=O) groups excluding carboxylic acids is 2. The number of likely N-dealkylation sites (N-methyl/N-ethyl adjacent to an activating group) is 1. The van der Waals surface area contributed by atoms with Gasteiger partial charge in [-0.1, -0.05) is 0 Å². The van der Waals surface area contributed by atoms with Crippen molar-refractivity contribution in [3.05, 3.63) is 42.4 Å². The number of hydrogen-bond donors (Lipinski definition) is 0. The molecule has 1 fully saturated rings. The minimum Gasteiger partial charge on any atom is -0.482 e. The van der Waals surface area contributed by atoms with Gasteiger partial charge in [0.05, 0.1) is 23.5 Å². The van der Waals surface area contributed by atoms with Crippen LogP contribution in [0.5, 0.6) is 5.75 Å². The lowest BCUT2D eigenvalue weighted by Crippen LogP contribution is -2.48. The molecule has 0 unspecified atom stereocenters. The molecule has 4 rings (SSSR count). The molecule has 1 aliphatic heterocycles. The quantitative estimate of drug-likeness (QED) is 0.527. The van der Waals surface area contributed by atoms with Gasteiger partial charge in [-0.3, -0.25) is 9.59 Å². The molecule has 0 aromatic carbocycles. The van der Waals surface area contributed by atoms with Gasteiger partial charge < -0.3 is 19.4 Å². The van der Waals surface area contributed by atoms with E-state index in [1.54, 1.807) is 42.0 Å². The maximum Gasteiger partial charge on any atom is 0.298 e. The van der Waals surface area contributed by atoms with Crippen molar-refractivity contribution in [3.8, 4) is 35.3 Å². The van der Waals surface area contributed by atoms with Gasteiger partial charge in [0.25, 0.3) is 11.8 Å². The van der Waals surface area contributed by atoms with Crippen molar-refractivity contribution in [3.63, 3.8) is 0 Å². The number of carbonyl (C=O) groups is 2. The Kier molecular flexibility index (Phi) is 6.33. The van der Waals surface area contributed by atoms with Crippen molar-refractivity contribution in [2.75, 3.05) is 51.8 Å². The van der Waals surface area contributed by atoms with E-state index >= 15 is 0 Å². The number of anilines is 1. The minimum atomic E-state index is -0.296. The van der Waals surface area contributed by atoms with Gasteiger partial charge in [-0.15, -0.1) is 6.42 Å². The van der Waals surface area contributed by atoms with Crippen LogP contribution in [0.2, 0.25) is 0 Å². The van der Waals surface area contributed by atoms with Crippen LogP contribution in [0.4, 0.5) is 5.82 Å². The molecule has 3 aromatic heterocycles. The molecule has 172 valence electrons. The number of piperazine rings is 1. The van der Waals surface area contributed by atoms with Crippen LogP contribution in [-0.2, 0) is 9.59 Å². The van der Waals surface area contributed by atoms with Crippen LogP contribution in [0.3, 0.4) is 0 Å². The summed E-state index contributed by atoms with van der Waals surface area (Å²) in [6.45, 7) is 2.23. The van der Waals surface area contributed by atoms with E-state index in [9.17, 15) is 14.9 Å². The van der Waals surface area contributed by atoms with E-state index in [4.69, 9.17) is 11.2 Å². The van der Waals surface area contributed by atoms with Crippen molar-refractivity contribution in [1.29, 1.82) is 5.26 Å². The Bertz CT molecular complexity index is 1310. The maximum absolute atomic E-state index is 11.9. The highest BCUT2D eigenvalue weighted by atomic mass is 16.5. The molecule has 10 heteroatoms. The highest BCUT2D eigenvalue weighted by molar-refractivity contribution is 5.93. The summed E-state index contributed by atoms with van der Waals surface area (Å²) in [7, 11) is 3.32. The molecule has 0 aliphatic carbocycles. The van der Waals surface area contributed by atoms with Crippen molar-refractivity contribution < 1.29 is 14.3 Å². The summed E-state index contributed by atoms with van der Waals surface area (Å²) >= 11 is 0. The predicted molar refractivity (Wildman–Crippen MR) is 125 cm³/mol.